The summed E-state index contributed by atoms with van der Waals surface area (Å²) in [7, 11) is 0. The third kappa shape index (κ3) is 9.66. The Kier molecular flexibility index (Phi) is 11.2. The Bertz CT molecular complexity index is 217. The molecular weight excluding hydrogens is 256 g/mol. The number of unbranched alkanes of at least 4 members (excludes halogenated alkanes) is 1. The summed E-state index contributed by atoms with van der Waals surface area (Å²) in [4.78, 5) is 2.39. The first-order chi connectivity index (χ1) is 9.83. The zero-order valence-corrected chi connectivity index (χ0v) is 13.0. The van der Waals surface area contributed by atoms with Crippen molar-refractivity contribution in [3.8, 4) is 0 Å². The highest BCUT2D eigenvalue weighted by molar-refractivity contribution is 4.74. The van der Waals surface area contributed by atoms with Crippen LogP contribution >= 0.6 is 0 Å². The third-order valence-electron chi connectivity index (χ3n) is 3.48. The monoisotopic (exact) mass is 288 g/mol. The van der Waals surface area contributed by atoms with Crippen molar-refractivity contribution in [2.45, 2.75) is 38.6 Å². The van der Waals surface area contributed by atoms with Crippen LogP contribution in [0.15, 0.2) is 0 Å². The lowest BCUT2D eigenvalue weighted by atomic mass is 10.1. The van der Waals surface area contributed by atoms with E-state index >= 15 is 0 Å². The van der Waals surface area contributed by atoms with Crippen LogP contribution in [-0.4, -0.2) is 70.2 Å². The van der Waals surface area contributed by atoms with Crippen molar-refractivity contribution >= 4 is 0 Å². The second-order valence-electron chi connectivity index (χ2n) is 5.39. The second-order valence-corrected chi connectivity index (χ2v) is 5.39. The molecule has 1 heterocycles. The van der Waals surface area contributed by atoms with Gasteiger partial charge in [0.05, 0.1) is 33.0 Å². The Hall–Kier alpha value is -0.200. The Morgan fingerprint density at radius 3 is 2.30 bits per heavy atom. The Labute approximate surface area is 123 Å². The van der Waals surface area contributed by atoms with Crippen LogP contribution in [0.25, 0.3) is 0 Å². The zero-order chi connectivity index (χ0) is 14.5. The number of hydrogen-bond donors (Lipinski definition) is 1. The van der Waals surface area contributed by atoms with Crippen LogP contribution < -0.4 is 5.73 Å². The number of piperidine rings is 1. The molecule has 0 spiro atoms. The summed E-state index contributed by atoms with van der Waals surface area (Å²) in [6, 6.07) is 0.347. The van der Waals surface area contributed by atoms with Crippen molar-refractivity contribution in [1.82, 2.24) is 4.90 Å². The first kappa shape index (κ1) is 17.9. The van der Waals surface area contributed by atoms with Crippen molar-refractivity contribution in [2.75, 3.05) is 59.3 Å². The highest BCUT2D eigenvalue weighted by atomic mass is 16.5. The Balaban J connectivity index is 1.76. The highest BCUT2D eigenvalue weighted by Gasteiger charge is 2.15. The molecule has 5 heteroatoms. The largest absolute Gasteiger partial charge is 0.379 e. The fraction of sp³-hybridized carbons (Fsp3) is 1.00. The molecule has 20 heavy (non-hydrogen) atoms. The molecule has 0 aromatic heterocycles. The molecule has 0 unspecified atom stereocenters. The van der Waals surface area contributed by atoms with Crippen LogP contribution in [0.3, 0.4) is 0 Å². The lowest BCUT2D eigenvalue weighted by Crippen LogP contribution is -2.44. The van der Waals surface area contributed by atoms with Crippen molar-refractivity contribution in [1.29, 1.82) is 0 Å². The van der Waals surface area contributed by atoms with Crippen molar-refractivity contribution in [2.24, 2.45) is 5.73 Å². The third-order valence-corrected chi connectivity index (χ3v) is 3.48. The molecule has 1 aliphatic heterocycles. The smallest absolute Gasteiger partial charge is 0.0701 e. The number of ether oxygens (including phenoxy) is 3. The van der Waals surface area contributed by atoms with Gasteiger partial charge in [0.2, 0.25) is 0 Å². The van der Waals surface area contributed by atoms with Gasteiger partial charge in [0.15, 0.2) is 0 Å². The molecule has 0 saturated carbocycles. The van der Waals surface area contributed by atoms with Gasteiger partial charge in [0, 0.05) is 25.7 Å². The molecule has 1 fully saturated rings. The topological polar surface area (TPSA) is 57.0 Å². The van der Waals surface area contributed by atoms with E-state index in [0.29, 0.717) is 32.5 Å². The number of nitrogens with two attached hydrogens (primary N) is 1. The van der Waals surface area contributed by atoms with E-state index in [0.717, 1.165) is 45.7 Å². The molecular formula is C15H32N2O3. The van der Waals surface area contributed by atoms with Gasteiger partial charge in [-0.15, -0.1) is 0 Å². The Morgan fingerprint density at radius 2 is 1.65 bits per heavy atom. The maximum atomic E-state index is 5.94. The van der Waals surface area contributed by atoms with Crippen LogP contribution in [0, 0.1) is 0 Å². The van der Waals surface area contributed by atoms with E-state index in [2.05, 4.69) is 11.8 Å². The van der Waals surface area contributed by atoms with Crippen LogP contribution in [0.5, 0.6) is 0 Å². The number of likely N-dealkylation sites (tertiary alicyclic amines) is 1. The van der Waals surface area contributed by atoms with E-state index in [1.165, 1.54) is 12.8 Å². The Morgan fingerprint density at radius 1 is 1.00 bits per heavy atom. The van der Waals surface area contributed by atoms with Gasteiger partial charge in [-0.25, -0.2) is 0 Å². The average Bonchev–Trinajstić information content (AvgIpc) is 2.45. The minimum Gasteiger partial charge on any atom is -0.379 e. The first-order valence-corrected chi connectivity index (χ1v) is 8.04. The van der Waals surface area contributed by atoms with E-state index < -0.39 is 0 Å². The lowest BCUT2D eigenvalue weighted by Gasteiger charge is -2.30. The quantitative estimate of drug-likeness (QED) is 0.548. The van der Waals surface area contributed by atoms with Gasteiger partial charge < -0.3 is 19.9 Å². The van der Waals surface area contributed by atoms with E-state index in [1.807, 2.05) is 0 Å². The maximum Gasteiger partial charge on any atom is 0.0701 e. The van der Waals surface area contributed by atoms with Crippen LogP contribution in [-0.2, 0) is 14.2 Å². The van der Waals surface area contributed by atoms with Crippen molar-refractivity contribution in [3.63, 3.8) is 0 Å². The summed E-state index contributed by atoms with van der Waals surface area (Å²) in [6.07, 6.45) is 4.67. The fourth-order valence-electron chi connectivity index (χ4n) is 2.28. The molecule has 1 saturated heterocycles. The molecule has 0 aliphatic carbocycles. The highest BCUT2D eigenvalue weighted by Crippen LogP contribution is 2.07. The van der Waals surface area contributed by atoms with Gasteiger partial charge in [0.1, 0.15) is 0 Å². The van der Waals surface area contributed by atoms with Crippen molar-refractivity contribution in [3.05, 3.63) is 0 Å². The zero-order valence-electron chi connectivity index (χ0n) is 13.0. The van der Waals surface area contributed by atoms with E-state index in [9.17, 15) is 0 Å². The van der Waals surface area contributed by atoms with Crippen LogP contribution in [0.4, 0.5) is 0 Å². The van der Waals surface area contributed by atoms with Crippen LogP contribution in [0.1, 0.15) is 32.6 Å². The standard InChI is InChI=1S/C15H32N2O3/c1-2-3-8-18-10-12-20-13-11-19-9-7-17-6-4-5-15(16)14-17/h15H,2-14,16H2,1H3/t15-/m1/s1. The molecule has 0 radical (unpaired) electrons. The predicted octanol–water partition coefficient (Wildman–Crippen LogP) is 1.26. The number of nitrogens with zero attached hydrogens (tertiary/aromatic N) is 1. The summed E-state index contributed by atoms with van der Waals surface area (Å²) in [5.74, 6) is 0. The minimum absolute atomic E-state index is 0.347. The summed E-state index contributed by atoms with van der Waals surface area (Å²) in [5, 5.41) is 0. The molecule has 0 aromatic rings. The first-order valence-electron chi connectivity index (χ1n) is 8.04. The van der Waals surface area contributed by atoms with Gasteiger partial charge in [-0.1, -0.05) is 13.3 Å². The van der Waals surface area contributed by atoms with Gasteiger partial charge >= 0.3 is 0 Å². The molecule has 0 aromatic carbocycles. The molecule has 2 N–H and O–H groups in total. The normalized spacial score (nSPS) is 20.4. The fourth-order valence-corrected chi connectivity index (χ4v) is 2.28. The molecule has 5 nitrogen and oxygen atoms in total. The summed E-state index contributed by atoms with van der Waals surface area (Å²) < 4.78 is 16.4. The minimum atomic E-state index is 0.347. The summed E-state index contributed by atoms with van der Waals surface area (Å²) in [6.45, 7) is 9.57. The predicted molar refractivity (Wildman–Crippen MR) is 81.0 cm³/mol. The lowest BCUT2D eigenvalue weighted by molar-refractivity contribution is 0.00904. The molecule has 0 amide bonds. The van der Waals surface area contributed by atoms with Gasteiger partial charge in [-0.2, -0.15) is 0 Å². The maximum absolute atomic E-state index is 5.94. The summed E-state index contributed by atoms with van der Waals surface area (Å²) in [5.41, 5.74) is 5.94. The number of hydrogen-bond acceptors (Lipinski definition) is 5. The molecule has 1 rings (SSSR count). The van der Waals surface area contributed by atoms with E-state index in [-0.39, 0.29) is 0 Å². The second kappa shape index (κ2) is 12.5. The van der Waals surface area contributed by atoms with Crippen molar-refractivity contribution < 1.29 is 14.2 Å². The molecule has 1 atom stereocenters. The molecule has 1 aliphatic rings. The van der Waals surface area contributed by atoms with E-state index in [1.54, 1.807) is 0 Å². The van der Waals surface area contributed by atoms with E-state index in [4.69, 9.17) is 19.9 Å². The molecule has 0 bridgehead atoms. The number of rotatable bonds is 12. The van der Waals surface area contributed by atoms with Gasteiger partial charge in [-0.3, -0.25) is 4.90 Å². The average molecular weight is 288 g/mol. The SMILES string of the molecule is CCCCOCCOCCOCCN1CCC[C@@H](N)C1. The molecule has 120 valence electrons. The summed E-state index contributed by atoms with van der Waals surface area (Å²) >= 11 is 0. The van der Waals surface area contributed by atoms with Gasteiger partial charge in [0.25, 0.3) is 0 Å². The van der Waals surface area contributed by atoms with Gasteiger partial charge in [-0.05, 0) is 25.8 Å². The van der Waals surface area contributed by atoms with Crippen LogP contribution in [0.2, 0.25) is 0 Å².